The Morgan fingerprint density at radius 3 is 2.90 bits per heavy atom. The summed E-state index contributed by atoms with van der Waals surface area (Å²) >= 11 is 3.20. The molecular weight excluding hydrogens is 346 g/mol. The first-order valence-corrected chi connectivity index (χ1v) is 8.54. The van der Waals surface area contributed by atoms with Gasteiger partial charge in [0.2, 0.25) is 10.0 Å². The highest BCUT2D eigenvalue weighted by Crippen LogP contribution is 2.26. The average molecular weight is 364 g/mol. The molecule has 1 aliphatic heterocycles. The van der Waals surface area contributed by atoms with Crippen LogP contribution in [0.2, 0.25) is 0 Å². The number of halogens is 1. The molecule has 8 heteroatoms. The van der Waals surface area contributed by atoms with Crippen LogP contribution in [-0.2, 0) is 14.8 Å². The fourth-order valence-corrected chi connectivity index (χ4v) is 4.12. The lowest BCUT2D eigenvalue weighted by Crippen LogP contribution is -2.45. The molecule has 1 fully saturated rings. The number of ether oxygens (including phenoxy) is 1. The lowest BCUT2D eigenvalue weighted by Gasteiger charge is -2.35. The Balaban J connectivity index is 2.21. The largest absolute Gasteiger partial charge is 0.383 e. The summed E-state index contributed by atoms with van der Waals surface area (Å²) in [6, 6.07) is 1.29. The van der Waals surface area contributed by atoms with Crippen LogP contribution in [0.3, 0.4) is 0 Å². The minimum Gasteiger partial charge on any atom is -0.383 e. The summed E-state index contributed by atoms with van der Waals surface area (Å²) < 4.78 is 33.6. The maximum absolute atomic E-state index is 12.4. The van der Waals surface area contributed by atoms with Gasteiger partial charge in [0.1, 0.15) is 10.7 Å². The van der Waals surface area contributed by atoms with Crippen LogP contribution in [0, 0.1) is 0 Å². The predicted molar refractivity (Wildman–Crippen MR) is 79.7 cm³/mol. The van der Waals surface area contributed by atoms with E-state index in [1.54, 1.807) is 0 Å². The molecule has 1 unspecified atom stereocenters. The topological polar surface area (TPSA) is 94.3 Å². The van der Waals surface area contributed by atoms with E-state index >= 15 is 0 Å². The summed E-state index contributed by atoms with van der Waals surface area (Å²) in [5, 5.41) is 0. The number of nitrogens with two attached hydrogens (primary N) is 1. The summed E-state index contributed by atoms with van der Waals surface area (Å²) in [5.74, 6) is -0.00739. The van der Waals surface area contributed by atoms with Gasteiger partial charge >= 0.3 is 0 Å². The molecule has 20 heavy (non-hydrogen) atoms. The number of nitrogen functional groups attached to an aromatic ring is 1. The van der Waals surface area contributed by atoms with Gasteiger partial charge in [0.25, 0.3) is 0 Å². The molecule has 0 spiro atoms. The van der Waals surface area contributed by atoms with E-state index in [0.717, 1.165) is 0 Å². The van der Waals surface area contributed by atoms with E-state index in [-0.39, 0.29) is 22.4 Å². The summed E-state index contributed by atoms with van der Waals surface area (Å²) in [5.41, 5.74) is 5.33. The van der Waals surface area contributed by atoms with Gasteiger partial charge in [-0.25, -0.2) is 18.1 Å². The van der Waals surface area contributed by atoms with Crippen LogP contribution >= 0.6 is 15.9 Å². The molecule has 2 rings (SSSR count). The van der Waals surface area contributed by atoms with Crippen LogP contribution in [0.4, 0.5) is 5.82 Å². The van der Waals surface area contributed by atoms with Crippen molar-refractivity contribution in [2.45, 2.75) is 43.2 Å². The summed E-state index contributed by atoms with van der Waals surface area (Å²) in [6.07, 6.45) is 2.73. The van der Waals surface area contributed by atoms with Gasteiger partial charge in [0, 0.05) is 23.3 Å². The quantitative estimate of drug-likeness (QED) is 0.851. The first-order chi connectivity index (χ1) is 9.20. The number of pyridine rings is 1. The Hall–Kier alpha value is -0.700. The molecule has 0 amide bonds. The Kier molecular flexibility index (Phi) is 4.38. The SMILES string of the molecule is CC1(C)CC(NS(=O)(=O)c2cc(Br)cnc2N)CCO1. The van der Waals surface area contributed by atoms with Gasteiger partial charge in [-0.05, 0) is 48.7 Å². The van der Waals surface area contributed by atoms with E-state index in [1.807, 2.05) is 13.8 Å². The van der Waals surface area contributed by atoms with Crippen molar-refractivity contribution in [3.8, 4) is 0 Å². The standard InChI is InChI=1S/C12H18BrN3O3S/c1-12(2)6-9(3-4-19-12)16-20(17,18)10-5-8(13)7-15-11(10)14/h5,7,9,16H,3-4,6H2,1-2H3,(H2,14,15). The van der Waals surface area contributed by atoms with Gasteiger partial charge in [-0.3, -0.25) is 0 Å². The fourth-order valence-electron chi connectivity index (χ4n) is 2.26. The second-order valence-corrected chi connectivity index (χ2v) is 8.05. The van der Waals surface area contributed by atoms with Crippen molar-refractivity contribution in [3.63, 3.8) is 0 Å². The number of hydrogen-bond acceptors (Lipinski definition) is 5. The zero-order valence-electron chi connectivity index (χ0n) is 11.4. The van der Waals surface area contributed by atoms with Crippen molar-refractivity contribution in [3.05, 3.63) is 16.7 Å². The van der Waals surface area contributed by atoms with Gasteiger partial charge in [0.15, 0.2) is 0 Å². The second kappa shape index (κ2) is 5.59. The van der Waals surface area contributed by atoms with Crippen molar-refractivity contribution in [2.24, 2.45) is 0 Å². The van der Waals surface area contributed by atoms with Gasteiger partial charge in [0.05, 0.1) is 5.60 Å². The number of aromatic nitrogens is 1. The monoisotopic (exact) mass is 363 g/mol. The van der Waals surface area contributed by atoms with E-state index in [4.69, 9.17) is 10.5 Å². The average Bonchev–Trinajstić information content (AvgIpc) is 2.30. The maximum atomic E-state index is 12.4. The highest BCUT2D eigenvalue weighted by Gasteiger charge is 2.32. The molecule has 1 saturated heterocycles. The Morgan fingerprint density at radius 2 is 2.25 bits per heavy atom. The third-order valence-electron chi connectivity index (χ3n) is 3.16. The highest BCUT2D eigenvalue weighted by molar-refractivity contribution is 9.10. The Morgan fingerprint density at radius 1 is 1.55 bits per heavy atom. The molecule has 3 N–H and O–H groups in total. The third-order valence-corrected chi connectivity index (χ3v) is 5.14. The van der Waals surface area contributed by atoms with Gasteiger partial charge in [-0.15, -0.1) is 0 Å². The normalized spacial score (nSPS) is 22.6. The van der Waals surface area contributed by atoms with Crippen LogP contribution in [0.5, 0.6) is 0 Å². The smallest absolute Gasteiger partial charge is 0.244 e. The van der Waals surface area contributed by atoms with Crippen molar-refractivity contribution < 1.29 is 13.2 Å². The van der Waals surface area contributed by atoms with Crippen LogP contribution in [0.1, 0.15) is 26.7 Å². The van der Waals surface area contributed by atoms with E-state index < -0.39 is 10.0 Å². The van der Waals surface area contributed by atoms with Crippen LogP contribution in [-0.4, -0.2) is 31.7 Å². The molecule has 1 atom stereocenters. The Labute approximate surface area is 127 Å². The molecule has 0 aromatic carbocycles. The third kappa shape index (κ3) is 3.69. The number of nitrogens with one attached hydrogen (secondary N) is 1. The molecule has 1 aliphatic rings. The molecular formula is C12H18BrN3O3S. The molecule has 1 aromatic rings. The summed E-state index contributed by atoms with van der Waals surface area (Å²) in [4.78, 5) is 3.85. The number of nitrogens with zero attached hydrogens (tertiary/aromatic N) is 1. The van der Waals surface area contributed by atoms with E-state index in [1.165, 1.54) is 12.3 Å². The number of rotatable bonds is 3. The lowest BCUT2D eigenvalue weighted by atomic mass is 9.95. The van der Waals surface area contributed by atoms with Gasteiger partial charge in [-0.2, -0.15) is 0 Å². The predicted octanol–water partition coefficient (Wildman–Crippen LogP) is 1.66. The highest BCUT2D eigenvalue weighted by atomic mass is 79.9. The summed E-state index contributed by atoms with van der Waals surface area (Å²) in [7, 11) is -3.69. The summed E-state index contributed by atoms with van der Waals surface area (Å²) in [6.45, 7) is 4.43. The molecule has 0 radical (unpaired) electrons. The zero-order valence-corrected chi connectivity index (χ0v) is 13.8. The molecule has 2 heterocycles. The first kappa shape index (κ1) is 15.7. The molecule has 0 bridgehead atoms. The number of hydrogen-bond donors (Lipinski definition) is 2. The van der Waals surface area contributed by atoms with Gasteiger partial charge < -0.3 is 10.5 Å². The Bertz CT molecular complexity index is 604. The number of anilines is 1. The molecule has 112 valence electrons. The first-order valence-electron chi connectivity index (χ1n) is 6.27. The van der Waals surface area contributed by atoms with E-state index in [0.29, 0.717) is 23.9 Å². The van der Waals surface area contributed by atoms with Crippen molar-refractivity contribution >= 4 is 31.8 Å². The molecule has 1 aromatic heterocycles. The van der Waals surface area contributed by atoms with E-state index in [9.17, 15) is 8.42 Å². The number of sulfonamides is 1. The van der Waals surface area contributed by atoms with Crippen LogP contribution in [0.25, 0.3) is 0 Å². The van der Waals surface area contributed by atoms with Crippen molar-refractivity contribution in [1.29, 1.82) is 0 Å². The fraction of sp³-hybridized carbons (Fsp3) is 0.583. The zero-order chi connectivity index (χ0) is 15.0. The lowest BCUT2D eigenvalue weighted by molar-refractivity contribution is -0.0599. The van der Waals surface area contributed by atoms with E-state index in [2.05, 4.69) is 25.6 Å². The van der Waals surface area contributed by atoms with Crippen LogP contribution in [0.15, 0.2) is 21.6 Å². The molecule has 6 nitrogen and oxygen atoms in total. The maximum Gasteiger partial charge on any atom is 0.244 e. The second-order valence-electron chi connectivity index (χ2n) is 5.46. The van der Waals surface area contributed by atoms with Crippen molar-refractivity contribution in [1.82, 2.24) is 9.71 Å². The van der Waals surface area contributed by atoms with Crippen LogP contribution < -0.4 is 10.5 Å². The molecule has 0 aliphatic carbocycles. The van der Waals surface area contributed by atoms with Gasteiger partial charge in [-0.1, -0.05) is 0 Å². The minimum atomic E-state index is -3.69. The minimum absolute atomic E-state index is 0.00354. The van der Waals surface area contributed by atoms with Crippen molar-refractivity contribution in [2.75, 3.05) is 12.3 Å². The molecule has 0 saturated carbocycles.